The molecule has 10 heteroatoms. The molecule has 30 heavy (non-hydrogen) atoms. The standard InChI is InChI=1S/C20H21ClN2O7/c1-4-12(2)22-19(24)11-29-20(25)13-5-7-17(18(9-13)28-3)30-16-8-6-14(21)10-15(16)23(26)27/h5-10,12H,4,11H2,1-3H3,(H,22,24). The summed E-state index contributed by atoms with van der Waals surface area (Å²) in [6, 6.07) is 8.11. The van der Waals surface area contributed by atoms with Crippen molar-refractivity contribution >= 4 is 29.2 Å². The molecule has 2 aromatic rings. The summed E-state index contributed by atoms with van der Waals surface area (Å²) < 4.78 is 15.8. The van der Waals surface area contributed by atoms with Crippen molar-refractivity contribution < 1.29 is 28.7 Å². The first-order valence-corrected chi connectivity index (χ1v) is 9.39. The molecule has 1 N–H and O–H groups in total. The molecule has 1 atom stereocenters. The zero-order chi connectivity index (χ0) is 22.3. The number of nitro groups is 1. The van der Waals surface area contributed by atoms with Crippen LogP contribution in [-0.2, 0) is 9.53 Å². The largest absolute Gasteiger partial charge is 0.493 e. The molecule has 0 spiro atoms. The average molecular weight is 437 g/mol. The summed E-state index contributed by atoms with van der Waals surface area (Å²) in [5, 5.41) is 14.1. The van der Waals surface area contributed by atoms with Gasteiger partial charge >= 0.3 is 11.7 Å². The molecule has 0 heterocycles. The number of ether oxygens (including phenoxy) is 3. The van der Waals surface area contributed by atoms with Crippen LogP contribution in [0.25, 0.3) is 0 Å². The van der Waals surface area contributed by atoms with E-state index in [0.29, 0.717) is 0 Å². The minimum atomic E-state index is -0.725. The van der Waals surface area contributed by atoms with Crippen molar-refractivity contribution in [3.8, 4) is 17.2 Å². The number of carbonyl (C=O) groups is 2. The summed E-state index contributed by atoms with van der Waals surface area (Å²) in [7, 11) is 1.35. The van der Waals surface area contributed by atoms with Crippen LogP contribution in [0.15, 0.2) is 36.4 Å². The smallest absolute Gasteiger partial charge is 0.338 e. The molecule has 9 nitrogen and oxygen atoms in total. The zero-order valence-electron chi connectivity index (χ0n) is 16.6. The van der Waals surface area contributed by atoms with E-state index in [1.807, 2.05) is 13.8 Å². The molecular formula is C20H21ClN2O7. The monoisotopic (exact) mass is 436 g/mol. The highest BCUT2D eigenvalue weighted by atomic mass is 35.5. The molecule has 0 aliphatic heterocycles. The third-order valence-corrected chi connectivity index (χ3v) is 4.33. The van der Waals surface area contributed by atoms with Crippen molar-refractivity contribution in [1.82, 2.24) is 5.32 Å². The summed E-state index contributed by atoms with van der Waals surface area (Å²) >= 11 is 5.80. The van der Waals surface area contributed by atoms with Gasteiger partial charge in [-0.25, -0.2) is 4.79 Å². The summed E-state index contributed by atoms with van der Waals surface area (Å²) in [6.07, 6.45) is 0.754. The van der Waals surface area contributed by atoms with E-state index in [-0.39, 0.29) is 39.6 Å². The first-order chi connectivity index (χ1) is 14.2. The highest BCUT2D eigenvalue weighted by Crippen LogP contribution is 2.37. The van der Waals surface area contributed by atoms with Gasteiger partial charge in [0.15, 0.2) is 18.1 Å². The van der Waals surface area contributed by atoms with E-state index in [1.165, 1.54) is 43.5 Å². The average Bonchev–Trinajstić information content (AvgIpc) is 2.73. The molecule has 0 aliphatic carbocycles. The Kier molecular flexibility index (Phi) is 7.99. The SMILES string of the molecule is CCC(C)NC(=O)COC(=O)c1ccc(Oc2ccc(Cl)cc2[N+](=O)[O-])c(OC)c1. The predicted molar refractivity (Wildman–Crippen MR) is 109 cm³/mol. The molecule has 160 valence electrons. The second-order valence-electron chi connectivity index (χ2n) is 6.29. The van der Waals surface area contributed by atoms with Gasteiger partial charge in [0.2, 0.25) is 5.75 Å². The summed E-state index contributed by atoms with van der Waals surface area (Å²) in [5.41, 5.74) is -0.193. The normalized spacial score (nSPS) is 11.3. The Morgan fingerprint density at radius 3 is 2.50 bits per heavy atom. The third kappa shape index (κ3) is 6.08. The van der Waals surface area contributed by atoms with Gasteiger partial charge in [0.25, 0.3) is 5.91 Å². The maximum Gasteiger partial charge on any atom is 0.338 e. The molecular weight excluding hydrogens is 416 g/mol. The van der Waals surface area contributed by atoms with Gasteiger partial charge in [0.05, 0.1) is 17.6 Å². The van der Waals surface area contributed by atoms with Crippen molar-refractivity contribution in [2.24, 2.45) is 0 Å². The molecule has 2 aromatic carbocycles. The lowest BCUT2D eigenvalue weighted by atomic mass is 10.2. The van der Waals surface area contributed by atoms with Gasteiger partial charge in [-0.1, -0.05) is 18.5 Å². The molecule has 0 aliphatic rings. The maximum absolute atomic E-state index is 12.2. The van der Waals surface area contributed by atoms with Crippen LogP contribution in [0.1, 0.15) is 30.6 Å². The van der Waals surface area contributed by atoms with E-state index in [0.717, 1.165) is 6.42 Å². The summed E-state index contributed by atoms with van der Waals surface area (Å²) in [4.78, 5) is 34.6. The van der Waals surface area contributed by atoms with E-state index in [1.54, 1.807) is 0 Å². The van der Waals surface area contributed by atoms with Crippen LogP contribution < -0.4 is 14.8 Å². The quantitative estimate of drug-likeness (QED) is 0.357. The van der Waals surface area contributed by atoms with Crippen LogP contribution in [-0.4, -0.2) is 36.6 Å². The van der Waals surface area contributed by atoms with Gasteiger partial charge in [-0.2, -0.15) is 0 Å². The number of methoxy groups -OCH3 is 1. The lowest BCUT2D eigenvalue weighted by Crippen LogP contribution is -2.35. The Labute approximate surface area is 178 Å². The number of nitrogens with zero attached hydrogens (tertiary/aromatic N) is 1. The van der Waals surface area contributed by atoms with E-state index < -0.39 is 23.4 Å². The van der Waals surface area contributed by atoms with Gasteiger partial charge in [0, 0.05) is 17.1 Å². The highest BCUT2D eigenvalue weighted by Gasteiger charge is 2.20. The minimum Gasteiger partial charge on any atom is -0.493 e. The number of hydrogen-bond acceptors (Lipinski definition) is 7. The van der Waals surface area contributed by atoms with E-state index in [9.17, 15) is 19.7 Å². The van der Waals surface area contributed by atoms with Crippen LogP contribution in [0.4, 0.5) is 5.69 Å². The van der Waals surface area contributed by atoms with Crippen molar-refractivity contribution in [1.29, 1.82) is 0 Å². The van der Waals surface area contributed by atoms with Crippen LogP contribution in [0, 0.1) is 10.1 Å². The molecule has 0 bridgehead atoms. The summed E-state index contributed by atoms with van der Waals surface area (Å²) in [5.74, 6) is -0.872. The molecule has 0 radical (unpaired) electrons. The van der Waals surface area contributed by atoms with Crippen LogP contribution in [0.3, 0.4) is 0 Å². The highest BCUT2D eigenvalue weighted by molar-refractivity contribution is 6.30. The van der Waals surface area contributed by atoms with Crippen molar-refractivity contribution in [2.75, 3.05) is 13.7 Å². The molecule has 0 aromatic heterocycles. The van der Waals surface area contributed by atoms with Crippen LogP contribution in [0.2, 0.25) is 5.02 Å². The van der Waals surface area contributed by atoms with Crippen LogP contribution in [0.5, 0.6) is 17.2 Å². The van der Waals surface area contributed by atoms with Gasteiger partial charge < -0.3 is 19.5 Å². The first kappa shape index (κ1) is 23.0. The van der Waals surface area contributed by atoms with Crippen LogP contribution >= 0.6 is 11.6 Å². The number of halogens is 1. The number of nitrogens with one attached hydrogen (secondary N) is 1. The van der Waals surface area contributed by atoms with E-state index >= 15 is 0 Å². The Morgan fingerprint density at radius 1 is 1.17 bits per heavy atom. The maximum atomic E-state index is 12.2. The van der Waals surface area contributed by atoms with Crippen molar-refractivity contribution in [2.45, 2.75) is 26.3 Å². The fraction of sp³-hybridized carbons (Fsp3) is 0.300. The lowest BCUT2D eigenvalue weighted by Gasteiger charge is -2.13. The Morgan fingerprint density at radius 2 is 1.87 bits per heavy atom. The van der Waals surface area contributed by atoms with Gasteiger partial charge in [0.1, 0.15) is 0 Å². The third-order valence-electron chi connectivity index (χ3n) is 4.09. The zero-order valence-corrected chi connectivity index (χ0v) is 17.4. The molecule has 1 unspecified atom stereocenters. The summed E-state index contributed by atoms with van der Waals surface area (Å²) in [6.45, 7) is 3.35. The molecule has 0 saturated carbocycles. The second-order valence-corrected chi connectivity index (χ2v) is 6.73. The topological polar surface area (TPSA) is 117 Å². The number of carbonyl (C=O) groups excluding carboxylic acids is 2. The number of nitro benzene ring substituents is 1. The number of rotatable bonds is 9. The second kappa shape index (κ2) is 10.4. The Hall–Kier alpha value is -3.33. The van der Waals surface area contributed by atoms with Crippen molar-refractivity contribution in [3.05, 3.63) is 57.1 Å². The van der Waals surface area contributed by atoms with E-state index in [2.05, 4.69) is 5.32 Å². The molecule has 1 amide bonds. The minimum absolute atomic E-state index is 0.0235. The molecule has 0 saturated heterocycles. The number of hydrogen-bond donors (Lipinski definition) is 1. The lowest BCUT2D eigenvalue weighted by molar-refractivity contribution is -0.385. The number of benzene rings is 2. The fourth-order valence-corrected chi connectivity index (χ4v) is 2.52. The van der Waals surface area contributed by atoms with Gasteiger partial charge in [-0.3, -0.25) is 14.9 Å². The fourth-order valence-electron chi connectivity index (χ4n) is 2.35. The Bertz CT molecular complexity index is 949. The van der Waals surface area contributed by atoms with Gasteiger partial charge in [-0.05, 0) is 43.7 Å². The predicted octanol–water partition coefficient (Wildman–Crippen LogP) is 4.12. The van der Waals surface area contributed by atoms with E-state index in [4.69, 9.17) is 25.8 Å². The van der Waals surface area contributed by atoms with Crippen molar-refractivity contribution in [3.63, 3.8) is 0 Å². The number of esters is 1. The molecule has 0 fully saturated rings. The molecule has 2 rings (SSSR count). The first-order valence-electron chi connectivity index (χ1n) is 9.01. The van der Waals surface area contributed by atoms with Gasteiger partial charge in [-0.15, -0.1) is 0 Å². The Balaban J connectivity index is 2.14. The number of amides is 1.